The summed E-state index contributed by atoms with van der Waals surface area (Å²) in [7, 11) is 0. The Bertz CT molecular complexity index is 1080. The zero-order chi connectivity index (χ0) is 22.1. The average molecular weight is 414 g/mol. The maximum absolute atomic E-state index is 12.9. The molecule has 0 saturated carbocycles. The minimum absolute atomic E-state index is 0.0776. The number of amidine groups is 2. The van der Waals surface area contributed by atoms with Crippen molar-refractivity contribution in [2.75, 3.05) is 0 Å². The zero-order valence-corrected chi connectivity index (χ0v) is 15.4. The Morgan fingerprint density at radius 3 is 2.23 bits per heavy atom. The van der Waals surface area contributed by atoms with Crippen molar-refractivity contribution in [3.05, 3.63) is 59.3 Å². The van der Waals surface area contributed by atoms with E-state index in [4.69, 9.17) is 11.0 Å². The molecular formula is C19H13F3N6O2. The fourth-order valence-corrected chi connectivity index (χ4v) is 2.71. The molecule has 1 aromatic heterocycles. The van der Waals surface area contributed by atoms with E-state index in [1.54, 1.807) is 12.1 Å². The molecule has 0 radical (unpaired) electrons. The van der Waals surface area contributed by atoms with Gasteiger partial charge in [-0.1, -0.05) is 12.1 Å². The van der Waals surface area contributed by atoms with Gasteiger partial charge in [0.25, 0.3) is 11.8 Å². The molecule has 30 heavy (non-hydrogen) atoms. The van der Waals surface area contributed by atoms with E-state index in [1.165, 1.54) is 37.4 Å². The lowest BCUT2D eigenvalue weighted by Gasteiger charge is -2.22. The molecule has 2 heterocycles. The number of nitrogens with zero attached hydrogens (tertiary/aromatic N) is 5. The Kier molecular flexibility index (Phi) is 5.33. The smallest absolute Gasteiger partial charge is 0.380 e. The highest BCUT2D eigenvalue weighted by molar-refractivity contribution is 6.23. The summed E-state index contributed by atoms with van der Waals surface area (Å²) in [5.74, 6) is -3.70. The molecule has 0 fully saturated rings. The maximum Gasteiger partial charge on any atom is 0.449 e. The SMILES string of the molecule is C[C@@H](C(=Nc1ccc(C#N)cn1)N=C(N)C(F)(F)F)N1C(=O)c2ccccc2C1=O. The van der Waals surface area contributed by atoms with E-state index in [1.807, 2.05) is 6.07 Å². The molecule has 0 saturated heterocycles. The number of nitriles is 1. The number of halogens is 3. The molecular weight excluding hydrogens is 401 g/mol. The van der Waals surface area contributed by atoms with E-state index in [2.05, 4.69) is 15.0 Å². The lowest BCUT2D eigenvalue weighted by molar-refractivity contribution is -0.0597. The molecule has 1 aromatic carbocycles. The summed E-state index contributed by atoms with van der Waals surface area (Å²) in [5.41, 5.74) is 5.49. The first-order valence-electron chi connectivity index (χ1n) is 8.46. The van der Waals surface area contributed by atoms with Crippen LogP contribution in [0, 0.1) is 11.3 Å². The van der Waals surface area contributed by atoms with Gasteiger partial charge in [0, 0.05) is 6.20 Å². The van der Waals surface area contributed by atoms with Crippen LogP contribution in [0.5, 0.6) is 0 Å². The van der Waals surface area contributed by atoms with Crippen molar-refractivity contribution in [3.63, 3.8) is 0 Å². The summed E-state index contributed by atoms with van der Waals surface area (Å²) in [6.07, 6.45) is -3.78. The van der Waals surface area contributed by atoms with Gasteiger partial charge in [0.2, 0.25) is 5.84 Å². The number of imide groups is 1. The van der Waals surface area contributed by atoms with E-state index in [0.717, 1.165) is 4.90 Å². The van der Waals surface area contributed by atoms with Crippen LogP contribution in [-0.4, -0.2) is 45.6 Å². The highest BCUT2D eigenvalue weighted by Crippen LogP contribution is 2.26. The number of alkyl halides is 3. The van der Waals surface area contributed by atoms with Crippen LogP contribution in [0.4, 0.5) is 19.0 Å². The lowest BCUT2D eigenvalue weighted by atomic mass is 10.1. The summed E-state index contributed by atoms with van der Waals surface area (Å²) < 4.78 is 38.8. The largest absolute Gasteiger partial charge is 0.449 e. The Morgan fingerprint density at radius 2 is 1.77 bits per heavy atom. The number of hydrogen-bond acceptors (Lipinski definition) is 5. The Labute approximate surface area is 168 Å². The molecule has 2 amide bonds. The first kappa shape index (κ1) is 20.7. The van der Waals surface area contributed by atoms with Gasteiger partial charge in [0.1, 0.15) is 6.07 Å². The number of benzene rings is 1. The third-order valence-corrected chi connectivity index (χ3v) is 4.22. The van der Waals surface area contributed by atoms with Crippen LogP contribution in [0.15, 0.2) is 52.6 Å². The fraction of sp³-hybridized carbons (Fsp3) is 0.158. The van der Waals surface area contributed by atoms with Gasteiger partial charge in [-0.25, -0.2) is 15.0 Å². The standard InChI is InChI=1S/C19H13F3N6O2/c1-10(28-16(29)12-4-2-3-5-13(12)17(28)30)15(27-18(24)19(20,21)22)26-14-7-6-11(8-23)9-25-14/h2-7,9-10H,1H3,(H2,24,25,26,27)/t10-/m0/s1. The van der Waals surface area contributed by atoms with Gasteiger partial charge in [-0.2, -0.15) is 18.4 Å². The summed E-state index contributed by atoms with van der Waals surface area (Å²) in [4.78, 5) is 37.2. The minimum Gasteiger partial charge on any atom is -0.380 e. The molecule has 8 nitrogen and oxygen atoms in total. The van der Waals surface area contributed by atoms with Gasteiger partial charge in [0.05, 0.1) is 22.7 Å². The number of nitrogens with two attached hydrogens (primary N) is 1. The number of amides is 2. The van der Waals surface area contributed by atoms with Gasteiger partial charge in [-0.3, -0.25) is 14.5 Å². The van der Waals surface area contributed by atoms with Crippen LogP contribution in [0.2, 0.25) is 0 Å². The molecule has 3 rings (SSSR count). The highest BCUT2D eigenvalue weighted by Gasteiger charge is 2.41. The van der Waals surface area contributed by atoms with Crippen LogP contribution in [0.1, 0.15) is 33.2 Å². The topological polar surface area (TPSA) is 125 Å². The molecule has 1 aliphatic rings. The van der Waals surface area contributed by atoms with Gasteiger partial charge in [0.15, 0.2) is 11.7 Å². The van der Waals surface area contributed by atoms with Crippen molar-refractivity contribution >= 4 is 29.3 Å². The first-order valence-corrected chi connectivity index (χ1v) is 8.46. The van der Waals surface area contributed by atoms with Crippen molar-refractivity contribution in [2.24, 2.45) is 15.7 Å². The zero-order valence-electron chi connectivity index (χ0n) is 15.4. The van der Waals surface area contributed by atoms with Gasteiger partial charge < -0.3 is 5.73 Å². The van der Waals surface area contributed by atoms with Crippen LogP contribution in [0.3, 0.4) is 0 Å². The van der Waals surface area contributed by atoms with Gasteiger partial charge in [-0.15, -0.1) is 0 Å². The molecule has 11 heteroatoms. The van der Waals surface area contributed by atoms with Crippen LogP contribution >= 0.6 is 0 Å². The highest BCUT2D eigenvalue weighted by atomic mass is 19.4. The Balaban J connectivity index is 2.06. The van der Waals surface area contributed by atoms with Crippen molar-refractivity contribution in [3.8, 4) is 6.07 Å². The van der Waals surface area contributed by atoms with Crippen molar-refractivity contribution in [1.29, 1.82) is 5.26 Å². The molecule has 2 aromatic rings. The van der Waals surface area contributed by atoms with Crippen LogP contribution in [-0.2, 0) is 0 Å². The van der Waals surface area contributed by atoms with Crippen molar-refractivity contribution in [1.82, 2.24) is 9.88 Å². The van der Waals surface area contributed by atoms with Gasteiger partial charge >= 0.3 is 6.18 Å². The lowest BCUT2D eigenvalue weighted by Crippen LogP contribution is -2.43. The second kappa shape index (κ2) is 7.75. The summed E-state index contributed by atoms with van der Waals surface area (Å²) in [6, 6.07) is 9.21. The van der Waals surface area contributed by atoms with E-state index < -0.39 is 35.7 Å². The average Bonchev–Trinajstić information content (AvgIpc) is 2.97. The Morgan fingerprint density at radius 1 is 1.17 bits per heavy atom. The number of hydrogen-bond donors (Lipinski definition) is 1. The summed E-state index contributed by atoms with van der Waals surface area (Å²) in [6.45, 7) is 1.30. The molecule has 1 aliphatic heterocycles. The number of pyridine rings is 1. The Hall–Kier alpha value is -4.07. The van der Waals surface area contributed by atoms with Crippen LogP contribution in [0.25, 0.3) is 0 Å². The maximum atomic E-state index is 12.9. The molecule has 2 N–H and O–H groups in total. The monoisotopic (exact) mass is 414 g/mol. The van der Waals surface area contributed by atoms with E-state index in [9.17, 15) is 22.8 Å². The molecule has 0 unspecified atom stereocenters. The number of carbonyl (C=O) groups excluding carboxylic acids is 2. The third kappa shape index (κ3) is 3.88. The molecule has 0 bridgehead atoms. The number of rotatable bonds is 3. The van der Waals surface area contributed by atoms with E-state index in [-0.39, 0.29) is 22.5 Å². The van der Waals surface area contributed by atoms with Gasteiger partial charge in [-0.05, 0) is 31.2 Å². The molecule has 0 aliphatic carbocycles. The predicted octanol–water partition coefficient (Wildman–Crippen LogP) is 2.59. The second-order valence-corrected chi connectivity index (χ2v) is 6.18. The first-order chi connectivity index (χ1) is 14.1. The van der Waals surface area contributed by atoms with E-state index >= 15 is 0 Å². The van der Waals surface area contributed by atoms with E-state index in [0.29, 0.717) is 0 Å². The molecule has 1 atom stereocenters. The quantitative estimate of drug-likeness (QED) is 0.470. The molecule has 0 spiro atoms. The summed E-state index contributed by atoms with van der Waals surface area (Å²) in [5, 5.41) is 8.82. The van der Waals surface area contributed by atoms with Crippen LogP contribution < -0.4 is 5.73 Å². The number of carbonyl (C=O) groups is 2. The predicted molar refractivity (Wildman–Crippen MR) is 100 cm³/mol. The van der Waals surface area contributed by atoms with Crippen molar-refractivity contribution in [2.45, 2.75) is 19.1 Å². The molecule has 152 valence electrons. The number of aromatic nitrogens is 1. The number of aliphatic imine (C=N–C) groups is 2. The normalized spacial score (nSPS) is 15.8. The fourth-order valence-electron chi connectivity index (χ4n) is 2.71. The number of fused-ring (bicyclic) bond motifs is 1. The third-order valence-electron chi connectivity index (χ3n) is 4.22. The minimum atomic E-state index is -4.94. The second-order valence-electron chi connectivity index (χ2n) is 6.18. The van der Waals surface area contributed by atoms with Crippen molar-refractivity contribution < 1.29 is 22.8 Å². The summed E-state index contributed by atoms with van der Waals surface area (Å²) >= 11 is 0.